The summed E-state index contributed by atoms with van der Waals surface area (Å²) < 4.78 is 5.54. The molecule has 0 unspecified atom stereocenters. The number of piperidine rings is 1. The summed E-state index contributed by atoms with van der Waals surface area (Å²) in [6, 6.07) is 3.36. The fraction of sp³-hybridized carbons (Fsp3) is 0.533. The van der Waals surface area contributed by atoms with Gasteiger partial charge in [0.15, 0.2) is 0 Å². The van der Waals surface area contributed by atoms with Crippen LogP contribution in [0.15, 0.2) is 18.2 Å². The number of benzene rings is 1. The Labute approximate surface area is 128 Å². The highest BCUT2D eigenvalue weighted by atomic mass is 16.6. The van der Waals surface area contributed by atoms with Crippen LogP contribution in [-0.2, 0) is 4.74 Å². The van der Waals surface area contributed by atoms with Crippen molar-refractivity contribution in [2.24, 2.45) is 5.92 Å². The Morgan fingerprint density at radius 3 is 2.64 bits per heavy atom. The third-order valence-corrected chi connectivity index (χ3v) is 4.17. The number of hydrogen-bond acceptors (Lipinski definition) is 5. The predicted molar refractivity (Wildman–Crippen MR) is 78.6 cm³/mol. The van der Waals surface area contributed by atoms with Crippen LogP contribution in [0, 0.1) is 16.0 Å². The number of nitrogens with zero attached hydrogens (tertiary/aromatic N) is 1. The van der Waals surface area contributed by atoms with Crippen LogP contribution in [-0.4, -0.2) is 34.7 Å². The number of esters is 1. The van der Waals surface area contributed by atoms with E-state index in [0.29, 0.717) is 0 Å². The number of nitro benzene ring substituents is 1. The Morgan fingerprint density at radius 1 is 1.41 bits per heavy atom. The third kappa shape index (κ3) is 3.54. The van der Waals surface area contributed by atoms with Gasteiger partial charge in [0.1, 0.15) is 16.9 Å². The first-order valence-corrected chi connectivity index (χ1v) is 7.33. The van der Waals surface area contributed by atoms with Crippen molar-refractivity contribution in [2.45, 2.75) is 32.3 Å². The second-order valence-electron chi connectivity index (χ2n) is 6.09. The first-order chi connectivity index (χ1) is 10.3. The summed E-state index contributed by atoms with van der Waals surface area (Å²) >= 11 is 0. The number of ether oxygens (including phenoxy) is 1. The van der Waals surface area contributed by atoms with E-state index in [2.05, 4.69) is 5.32 Å². The fourth-order valence-corrected chi connectivity index (χ4v) is 2.85. The van der Waals surface area contributed by atoms with Crippen LogP contribution in [0.3, 0.4) is 0 Å². The van der Waals surface area contributed by atoms with E-state index in [9.17, 15) is 20.0 Å². The molecule has 1 heterocycles. The summed E-state index contributed by atoms with van der Waals surface area (Å²) in [6.45, 7) is 5.63. The van der Waals surface area contributed by atoms with E-state index < -0.39 is 16.5 Å². The lowest BCUT2D eigenvalue weighted by atomic mass is 9.83. The Balaban J connectivity index is 2.21. The van der Waals surface area contributed by atoms with Crippen molar-refractivity contribution in [1.29, 1.82) is 0 Å². The number of rotatable bonds is 4. The molecule has 2 rings (SSSR count). The number of carbonyl (C=O) groups excluding carboxylic acids is 1. The number of aromatic hydroxyl groups is 1. The normalized spacial score (nSPS) is 16.3. The SMILES string of the molecule is CC(C)(OC(=O)c1cc(O)ccc1[N+](=O)[O-])C1CC[NH2+]CC1. The highest BCUT2D eigenvalue weighted by molar-refractivity contribution is 5.94. The van der Waals surface area contributed by atoms with Gasteiger partial charge in [-0.3, -0.25) is 10.1 Å². The highest BCUT2D eigenvalue weighted by Crippen LogP contribution is 2.31. The van der Waals surface area contributed by atoms with Gasteiger partial charge in [-0.25, -0.2) is 4.79 Å². The van der Waals surface area contributed by atoms with Crippen LogP contribution in [0.4, 0.5) is 5.69 Å². The molecule has 1 aliphatic heterocycles. The number of hydrogen-bond donors (Lipinski definition) is 2. The van der Waals surface area contributed by atoms with Crippen LogP contribution < -0.4 is 5.32 Å². The maximum atomic E-state index is 12.3. The van der Waals surface area contributed by atoms with E-state index >= 15 is 0 Å². The molecule has 1 saturated heterocycles. The molecule has 3 N–H and O–H groups in total. The minimum atomic E-state index is -0.776. The van der Waals surface area contributed by atoms with Crippen LogP contribution in [0.2, 0.25) is 0 Å². The lowest BCUT2D eigenvalue weighted by molar-refractivity contribution is -0.665. The summed E-state index contributed by atoms with van der Waals surface area (Å²) in [4.78, 5) is 22.7. The molecule has 0 atom stereocenters. The molecular formula is C15H21N2O5+. The van der Waals surface area contributed by atoms with Crippen LogP contribution >= 0.6 is 0 Å². The molecule has 1 fully saturated rings. The molecule has 0 bridgehead atoms. The summed E-state index contributed by atoms with van der Waals surface area (Å²) in [5.41, 5.74) is -1.29. The molecule has 120 valence electrons. The fourth-order valence-electron chi connectivity index (χ4n) is 2.85. The Hall–Kier alpha value is -2.15. The Bertz CT molecular complexity index is 579. The molecule has 1 aliphatic rings. The van der Waals surface area contributed by atoms with E-state index in [4.69, 9.17) is 4.74 Å². The molecule has 0 aliphatic carbocycles. The van der Waals surface area contributed by atoms with Crippen molar-refractivity contribution in [3.8, 4) is 5.75 Å². The Kier molecular flexibility index (Phi) is 4.65. The molecule has 7 heteroatoms. The molecule has 1 aromatic rings. The molecule has 7 nitrogen and oxygen atoms in total. The van der Waals surface area contributed by atoms with Gasteiger partial charge in [-0.05, 0) is 19.9 Å². The van der Waals surface area contributed by atoms with E-state index in [1.807, 2.05) is 13.8 Å². The molecule has 0 saturated carbocycles. The summed E-state index contributed by atoms with van der Waals surface area (Å²) in [5.74, 6) is -0.761. The smallest absolute Gasteiger partial charge is 0.345 e. The van der Waals surface area contributed by atoms with Gasteiger partial charge in [0, 0.05) is 30.9 Å². The topological polar surface area (TPSA) is 106 Å². The van der Waals surface area contributed by atoms with Gasteiger partial charge in [0.05, 0.1) is 18.0 Å². The van der Waals surface area contributed by atoms with Crippen molar-refractivity contribution in [3.63, 3.8) is 0 Å². The third-order valence-electron chi connectivity index (χ3n) is 4.17. The number of carbonyl (C=O) groups is 1. The second kappa shape index (κ2) is 6.31. The summed E-state index contributed by atoms with van der Waals surface area (Å²) in [7, 11) is 0. The zero-order valence-corrected chi connectivity index (χ0v) is 12.7. The predicted octanol–water partition coefficient (Wildman–Crippen LogP) is 1.21. The quantitative estimate of drug-likeness (QED) is 0.494. The standard InChI is InChI=1S/C15H20N2O5/c1-15(2,10-5-7-16-8-6-10)22-14(19)12-9-11(18)3-4-13(12)17(20)21/h3-4,9-10,16,18H,5-8H2,1-2H3/p+1. The molecule has 22 heavy (non-hydrogen) atoms. The van der Waals surface area contributed by atoms with E-state index in [1.165, 1.54) is 6.07 Å². The highest BCUT2D eigenvalue weighted by Gasteiger charge is 2.37. The van der Waals surface area contributed by atoms with E-state index in [1.54, 1.807) is 0 Å². The van der Waals surface area contributed by atoms with Crippen molar-refractivity contribution in [3.05, 3.63) is 33.9 Å². The maximum Gasteiger partial charge on any atom is 0.345 e. The van der Waals surface area contributed by atoms with Crippen LogP contribution in [0.25, 0.3) is 0 Å². The van der Waals surface area contributed by atoms with Gasteiger partial charge in [-0.15, -0.1) is 0 Å². The first-order valence-electron chi connectivity index (χ1n) is 7.33. The van der Waals surface area contributed by atoms with Gasteiger partial charge in [0.25, 0.3) is 5.69 Å². The lowest BCUT2D eigenvalue weighted by Gasteiger charge is -2.35. The zero-order chi connectivity index (χ0) is 16.3. The lowest BCUT2D eigenvalue weighted by Crippen LogP contribution is -2.86. The van der Waals surface area contributed by atoms with E-state index in [-0.39, 0.29) is 22.9 Å². The molecular weight excluding hydrogens is 288 g/mol. The minimum Gasteiger partial charge on any atom is -0.508 e. The number of quaternary nitrogens is 1. The first kappa shape index (κ1) is 16.2. The van der Waals surface area contributed by atoms with Crippen molar-refractivity contribution in [2.75, 3.05) is 13.1 Å². The summed E-state index contributed by atoms with van der Waals surface area (Å²) in [5, 5.41) is 22.7. The van der Waals surface area contributed by atoms with Crippen molar-refractivity contribution in [1.82, 2.24) is 0 Å². The van der Waals surface area contributed by atoms with Crippen molar-refractivity contribution < 1.29 is 24.9 Å². The zero-order valence-electron chi connectivity index (χ0n) is 12.7. The average molecular weight is 309 g/mol. The number of nitro groups is 1. The molecule has 0 aromatic heterocycles. The molecule has 0 radical (unpaired) electrons. The van der Waals surface area contributed by atoms with Crippen LogP contribution in [0.1, 0.15) is 37.0 Å². The van der Waals surface area contributed by atoms with Gasteiger partial charge < -0.3 is 15.2 Å². The largest absolute Gasteiger partial charge is 0.508 e. The number of nitrogens with two attached hydrogens (primary N) is 1. The number of phenols is 1. The van der Waals surface area contributed by atoms with Gasteiger partial charge in [-0.1, -0.05) is 0 Å². The maximum absolute atomic E-state index is 12.3. The monoisotopic (exact) mass is 309 g/mol. The van der Waals surface area contributed by atoms with Crippen molar-refractivity contribution >= 4 is 11.7 Å². The molecule has 0 amide bonds. The van der Waals surface area contributed by atoms with Gasteiger partial charge in [-0.2, -0.15) is 0 Å². The average Bonchev–Trinajstić information content (AvgIpc) is 2.47. The second-order valence-corrected chi connectivity index (χ2v) is 6.09. The molecule has 0 spiro atoms. The summed E-state index contributed by atoms with van der Waals surface area (Å²) in [6.07, 6.45) is 1.87. The van der Waals surface area contributed by atoms with E-state index in [0.717, 1.165) is 38.1 Å². The minimum absolute atomic E-state index is 0.206. The van der Waals surface area contributed by atoms with Gasteiger partial charge >= 0.3 is 5.97 Å². The Morgan fingerprint density at radius 2 is 2.05 bits per heavy atom. The molecule has 1 aromatic carbocycles. The number of phenolic OH excluding ortho intramolecular Hbond substituents is 1. The van der Waals surface area contributed by atoms with Crippen LogP contribution in [0.5, 0.6) is 5.75 Å². The van der Waals surface area contributed by atoms with Gasteiger partial charge in [0.2, 0.25) is 0 Å².